The topological polar surface area (TPSA) is 69.1 Å². The van der Waals surface area contributed by atoms with Gasteiger partial charge in [-0.2, -0.15) is 0 Å². The molecule has 0 atom stereocenters. The van der Waals surface area contributed by atoms with Crippen LogP contribution in [0.5, 0.6) is 0 Å². The number of nitrogen functional groups attached to an aromatic ring is 2. The molecule has 1 saturated carbocycles. The summed E-state index contributed by atoms with van der Waals surface area (Å²) in [6.45, 7) is 0. The minimum Gasteiger partial charge on any atom is -0.399 e. The number of carbonyl (C=O) groups excluding carboxylic acids is 1. The molecule has 2 aromatic rings. The van der Waals surface area contributed by atoms with Gasteiger partial charge >= 0.3 is 0 Å². The van der Waals surface area contributed by atoms with Gasteiger partial charge in [0, 0.05) is 22.5 Å². The van der Waals surface area contributed by atoms with E-state index in [0.29, 0.717) is 0 Å². The lowest BCUT2D eigenvalue weighted by Crippen LogP contribution is -2.12. The molecule has 116 valence electrons. The van der Waals surface area contributed by atoms with Crippen LogP contribution in [0.15, 0.2) is 59.7 Å². The number of nitrogens with two attached hydrogens (primary N) is 2. The van der Waals surface area contributed by atoms with Crippen LogP contribution in [0.1, 0.15) is 30.4 Å². The van der Waals surface area contributed by atoms with Gasteiger partial charge in [0.05, 0.1) is 0 Å². The Bertz CT molecular complexity index is 703. The van der Waals surface area contributed by atoms with Gasteiger partial charge in [-0.1, -0.05) is 24.3 Å². The summed E-state index contributed by atoms with van der Waals surface area (Å²) >= 11 is 0. The highest BCUT2D eigenvalue weighted by molar-refractivity contribution is 6.13. The Morgan fingerprint density at radius 3 is 1.48 bits per heavy atom. The lowest BCUT2D eigenvalue weighted by atomic mass is 9.87. The number of hydrogen-bond acceptors (Lipinski definition) is 3. The van der Waals surface area contributed by atoms with E-state index < -0.39 is 0 Å². The van der Waals surface area contributed by atoms with Crippen molar-refractivity contribution in [3.8, 4) is 0 Å². The fourth-order valence-corrected chi connectivity index (χ4v) is 2.76. The van der Waals surface area contributed by atoms with E-state index in [9.17, 15) is 4.79 Å². The Morgan fingerprint density at radius 1 is 0.696 bits per heavy atom. The van der Waals surface area contributed by atoms with Gasteiger partial charge in [-0.25, -0.2) is 0 Å². The molecule has 0 saturated heterocycles. The van der Waals surface area contributed by atoms with Crippen molar-refractivity contribution in [1.82, 2.24) is 0 Å². The molecule has 0 radical (unpaired) electrons. The van der Waals surface area contributed by atoms with Gasteiger partial charge < -0.3 is 11.5 Å². The molecule has 0 unspecified atom stereocenters. The molecule has 4 N–H and O–H groups in total. The smallest absolute Gasteiger partial charge is 0.185 e. The zero-order valence-electron chi connectivity index (χ0n) is 13.0. The van der Waals surface area contributed by atoms with E-state index in [1.165, 1.54) is 0 Å². The summed E-state index contributed by atoms with van der Waals surface area (Å²) in [5.74, 6) is 0.143. The van der Waals surface area contributed by atoms with Gasteiger partial charge in [0.2, 0.25) is 0 Å². The molecule has 0 heterocycles. The van der Waals surface area contributed by atoms with Crippen LogP contribution in [0.25, 0.3) is 12.2 Å². The number of benzene rings is 2. The Hall–Kier alpha value is -2.81. The second-order valence-corrected chi connectivity index (χ2v) is 5.86. The normalized spacial score (nSPS) is 18.5. The molecule has 0 bridgehead atoms. The molecule has 1 aliphatic carbocycles. The highest BCUT2D eigenvalue weighted by atomic mass is 16.1. The van der Waals surface area contributed by atoms with E-state index in [1.54, 1.807) is 0 Å². The highest BCUT2D eigenvalue weighted by Crippen LogP contribution is 2.28. The fraction of sp³-hybridized carbons (Fsp3) is 0.150. The number of rotatable bonds is 2. The summed E-state index contributed by atoms with van der Waals surface area (Å²) in [5.41, 5.74) is 16.6. The van der Waals surface area contributed by atoms with Gasteiger partial charge in [-0.3, -0.25) is 4.79 Å². The molecular weight excluding hydrogens is 284 g/mol. The first-order chi connectivity index (χ1) is 11.1. The summed E-state index contributed by atoms with van der Waals surface area (Å²) in [4.78, 5) is 12.7. The Morgan fingerprint density at radius 2 is 1.09 bits per heavy atom. The molecule has 3 heteroatoms. The Kier molecular flexibility index (Phi) is 4.29. The first kappa shape index (κ1) is 15.1. The lowest BCUT2D eigenvalue weighted by molar-refractivity contribution is -0.112. The van der Waals surface area contributed by atoms with Gasteiger partial charge in [-0.15, -0.1) is 0 Å². The maximum Gasteiger partial charge on any atom is 0.185 e. The van der Waals surface area contributed by atoms with Gasteiger partial charge in [0.25, 0.3) is 0 Å². The summed E-state index contributed by atoms with van der Waals surface area (Å²) in [5, 5.41) is 0. The third kappa shape index (κ3) is 3.69. The van der Waals surface area contributed by atoms with Crippen molar-refractivity contribution < 1.29 is 4.79 Å². The maximum absolute atomic E-state index is 12.7. The molecule has 2 aromatic carbocycles. The van der Waals surface area contributed by atoms with E-state index in [4.69, 9.17) is 11.5 Å². The van der Waals surface area contributed by atoms with E-state index in [-0.39, 0.29) is 5.78 Å². The third-order valence-electron chi connectivity index (χ3n) is 4.03. The van der Waals surface area contributed by atoms with Crippen LogP contribution in [0, 0.1) is 0 Å². The molecule has 0 spiro atoms. The summed E-state index contributed by atoms with van der Waals surface area (Å²) < 4.78 is 0. The van der Waals surface area contributed by atoms with Crippen LogP contribution < -0.4 is 11.5 Å². The molecule has 0 amide bonds. The average Bonchev–Trinajstić information content (AvgIpc) is 2.55. The number of hydrogen-bond donors (Lipinski definition) is 2. The third-order valence-corrected chi connectivity index (χ3v) is 4.03. The largest absolute Gasteiger partial charge is 0.399 e. The predicted molar refractivity (Wildman–Crippen MR) is 96.5 cm³/mol. The standard InChI is InChI=1S/C20H20N2O/c21-18-8-4-14(5-9-18)12-16-2-1-3-17(20(16)23)13-15-6-10-19(22)11-7-15/h4-13H,1-3,21-22H2/b16-12-,17-13+. The maximum atomic E-state index is 12.7. The number of anilines is 2. The zero-order valence-corrected chi connectivity index (χ0v) is 13.0. The number of ketones is 1. The first-order valence-electron chi connectivity index (χ1n) is 7.79. The lowest BCUT2D eigenvalue weighted by Gasteiger charge is -2.16. The monoisotopic (exact) mass is 304 g/mol. The molecule has 3 rings (SSSR count). The predicted octanol–water partition coefficient (Wildman–Crippen LogP) is 4.07. The second-order valence-electron chi connectivity index (χ2n) is 5.86. The minimum atomic E-state index is 0.143. The average molecular weight is 304 g/mol. The Balaban J connectivity index is 1.86. The van der Waals surface area contributed by atoms with E-state index in [2.05, 4.69) is 0 Å². The zero-order chi connectivity index (χ0) is 16.2. The molecule has 1 aliphatic rings. The van der Waals surface area contributed by atoms with Crippen molar-refractivity contribution in [2.24, 2.45) is 0 Å². The number of Topliss-reactive ketones (excluding diaryl/α,β-unsaturated/α-hetero) is 1. The Labute approximate surface area is 136 Å². The van der Waals surface area contributed by atoms with Crippen LogP contribution in [0.2, 0.25) is 0 Å². The van der Waals surface area contributed by atoms with Crippen molar-refractivity contribution >= 4 is 29.3 Å². The van der Waals surface area contributed by atoms with Crippen molar-refractivity contribution in [2.75, 3.05) is 11.5 Å². The van der Waals surface area contributed by atoms with Gasteiger partial charge in [0.15, 0.2) is 5.78 Å². The van der Waals surface area contributed by atoms with Crippen LogP contribution in [-0.2, 0) is 4.79 Å². The highest BCUT2D eigenvalue weighted by Gasteiger charge is 2.20. The summed E-state index contributed by atoms with van der Waals surface area (Å²) in [7, 11) is 0. The van der Waals surface area contributed by atoms with Crippen LogP contribution >= 0.6 is 0 Å². The van der Waals surface area contributed by atoms with Crippen LogP contribution in [0.3, 0.4) is 0 Å². The van der Waals surface area contributed by atoms with Crippen molar-refractivity contribution in [3.63, 3.8) is 0 Å². The molecular formula is C20H20N2O. The van der Waals surface area contributed by atoms with E-state index in [0.717, 1.165) is 52.9 Å². The molecule has 23 heavy (non-hydrogen) atoms. The molecule has 0 aromatic heterocycles. The number of allylic oxidation sites excluding steroid dienone is 2. The molecule has 3 nitrogen and oxygen atoms in total. The molecule has 1 fully saturated rings. The second kappa shape index (κ2) is 6.53. The van der Waals surface area contributed by atoms with Gasteiger partial charge in [-0.05, 0) is 66.8 Å². The van der Waals surface area contributed by atoms with Crippen molar-refractivity contribution in [2.45, 2.75) is 19.3 Å². The summed E-state index contributed by atoms with van der Waals surface area (Å²) in [6, 6.07) is 15.2. The quantitative estimate of drug-likeness (QED) is 0.649. The van der Waals surface area contributed by atoms with Crippen LogP contribution in [-0.4, -0.2) is 5.78 Å². The van der Waals surface area contributed by atoms with E-state index >= 15 is 0 Å². The van der Waals surface area contributed by atoms with Crippen molar-refractivity contribution in [1.29, 1.82) is 0 Å². The SMILES string of the molecule is Nc1ccc(/C=C2/CCC/C(=C\c3ccc(N)cc3)C2=O)cc1. The van der Waals surface area contributed by atoms with Crippen molar-refractivity contribution in [3.05, 3.63) is 70.8 Å². The van der Waals surface area contributed by atoms with Gasteiger partial charge in [0.1, 0.15) is 0 Å². The number of carbonyl (C=O) groups is 1. The summed E-state index contributed by atoms with van der Waals surface area (Å²) in [6.07, 6.45) is 6.58. The fourth-order valence-electron chi connectivity index (χ4n) is 2.76. The van der Waals surface area contributed by atoms with E-state index in [1.807, 2.05) is 60.7 Å². The van der Waals surface area contributed by atoms with Crippen LogP contribution in [0.4, 0.5) is 11.4 Å². The first-order valence-corrected chi connectivity index (χ1v) is 7.79. The minimum absolute atomic E-state index is 0.143. The molecule has 0 aliphatic heterocycles.